The van der Waals surface area contributed by atoms with Crippen molar-refractivity contribution in [2.24, 2.45) is 0 Å². The van der Waals surface area contributed by atoms with Crippen molar-refractivity contribution in [3.05, 3.63) is 72.0 Å². The summed E-state index contributed by atoms with van der Waals surface area (Å²) in [5, 5.41) is 5.57. The van der Waals surface area contributed by atoms with Gasteiger partial charge in [0.25, 0.3) is 0 Å². The number of thiophene rings is 1. The third-order valence-corrected chi connectivity index (χ3v) is 16.1. The quantitative estimate of drug-likeness (QED) is 0.279. The molecule has 0 saturated carbocycles. The van der Waals surface area contributed by atoms with E-state index >= 15 is 0 Å². The molecule has 0 saturated heterocycles. The first-order valence-electron chi connectivity index (χ1n) is 7.90. The van der Waals surface area contributed by atoms with E-state index in [1.165, 1.54) is 17.8 Å². The van der Waals surface area contributed by atoms with Crippen molar-refractivity contribution in [2.75, 3.05) is 12.4 Å². The molecule has 0 bridgehead atoms. The molecule has 0 fully saturated rings. The molecule has 2 aromatic heterocycles. The summed E-state index contributed by atoms with van der Waals surface area (Å²) < 4.78 is 8.87. The fourth-order valence-electron chi connectivity index (χ4n) is 2.43. The molecule has 0 radical (unpaired) electrons. The van der Waals surface area contributed by atoms with E-state index in [2.05, 4.69) is 40.5 Å². The molecular formula is C19H14BrIN2O2S2. The van der Waals surface area contributed by atoms with E-state index in [9.17, 15) is 4.79 Å². The first-order chi connectivity index (χ1) is 13.1. The molecule has 4 aromatic rings. The fraction of sp³-hybridized carbons (Fsp3) is 0.0526. The first-order valence-corrected chi connectivity index (χ1v) is 16.6. The van der Waals surface area contributed by atoms with Gasteiger partial charge in [-0.2, -0.15) is 0 Å². The molecule has 0 aliphatic carbocycles. The number of carbonyl (C=O) groups excluding carboxylic acids is 1. The van der Waals surface area contributed by atoms with Gasteiger partial charge in [0.2, 0.25) is 0 Å². The second-order valence-electron chi connectivity index (χ2n) is 5.47. The summed E-state index contributed by atoms with van der Waals surface area (Å²) in [5.41, 5.74) is 1.47. The number of hydrogen-bond donors (Lipinski definition) is 1. The zero-order chi connectivity index (χ0) is 18.8. The van der Waals surface area contributed by atoms with Crippen LogP contribution in [0.4, 0.5) is 5.13 Å². The van der Waals surface area contributed by atoms with Gasteiger partial charge in [-0.25, -0.2) is 0 Å². The second kappa shape index (κ2) is 8.26. The Bertz CT molecular complexity index is 1080. The van der Waals surface area contributed by atoms with Crippen molar-refractivity contribution in [2.45, 2.75) is 0 Å². The number of rotatable bonds is 5. The Kier molecular flexibility index (Phi) is 5.76. The van der Waals surface area contributed by atoms with Crippen LogP contribution in [-0.4, -0.2) is 18.0 Å². The standard InChI is InChI=1S/C19H14BrIN2O2S2/c1-25-14-8-9-15-16(11-14)27-19(22-15)23-18(24)12-4-6-13(7-5-12)21(20)17-3-2-10-26-17/h2-11H,1H3,(H,22,23,24). The first kappa shape index (κ1) is 18.9. The summed E-state index contributed by atoms with van der Waals surface area (Å²) >= 11 is 5.54. The number of hydrogen-bond acceptors (Lipinski definition) is 5. The van der Waals surface area contributed by atoms with Crippen LogP contribution in [0, 0.1) is 6.45 Å². The van der Waals surface area contributed by atoms with E-state index in [-0.39, 0.29) is 5.91 Å². The fourth-order valence-corrected chi connectivity index (χ4v) is 11.1. The van der Waals surface area contributed by atoms with Crippen LogP contribution in [0.15, 0.2) is 60.0 Å². The molecule has 0 aliphatic rings. The van der Waals surface area contributed by atoms with Crippen molar-refractivity contribution in [1.82, 2.24) is 4.98 Å². The molecule has 1 amide bonds. The van der Waals surface area contributed by atoms with Crippen LogP contribution in [-0.2, 0) is 0 Å². The molecule has 27 heavy (non-hydrogen) atoms. The summed E-state index contributed by atoms with van der Waals surface area (Å²) in [6.07, 6.45) is 0. The number of nitrogens with zero attached hydrogens (tertiary/aromatic N) is 1. The van der Waals surface area contributed by atoms with E-state index in [0.717, 1.165) is 16.0 Å². The molecule has 2 aromatic carbocycles. The van der Waals surface area contributed by atoms with Crippen molar-refractivity contribution >= 4 is 74.2 Å². The van der Waals surface area contributed by atoms with Gasteiger partial charge in [-0.15, -0.1) is 0 Å². The van der Waals surface area contributed by atoms with Crippen LogP contribution in [0.1, 0.15) is 10.4 Å². The van der Waals surface area contributed by atoms with Crippen LogP contribution in [0.5, 0.6) is 5.75 Å². The van der Waals surface area contributed by atoms with Crippen LogP contribution in [0.25, 0.3) is 10.2 Å². The summed E-state index contributed by atoms with van der Waals surface area (Å²) in [6, 6.07) is 17.7. The third-order valence-electron chi connectivity index (χ3n) is 3.76. The third kappa shape index (κ3) is 4.18. The van der Waals surface area contributed by atoms with Gasteiger partial charge in [0.15, 0.2) is 0 Å². The minimum atomic E-state index is -1.53. The Balaban J connectivity index is 1.49. The number of nitrogens with one attached hydrogen (secondary N) is 1. The molecule has 4 nitrogen and oxygen atoms in total. The predicted octanol–water partition coefficient (Wildman–Crippen LogP) is 6.47. The van der Waals surface area contributed by atoms with Crippen LogP contribution < -0.4 is 10.1 Å². The molecule has 2 heterocycles. The Morgan fingerprint density at radius 2 is 2.00 bits per heavy atom. The maximum absolute atomic E-state index is 12.6. The Morgan fingerprint density at radius 1 is 1.19 bits per heavy atom. The van der Waals surface area contributed by atoms with Crippen LogP contribution >= 0.6 is 53.0 Å². The Morgan fingerprint density at radius 3 is 2.70 bits per heavy atom. The molecule has 1 N–H and O–H groups in total. The van der Waals surface area contributed by atoms with E-state index in [1.54, 1.807) is 18.4 Å². The number of aromatic nitrogens is 1. The van der Waals surface area contributed by atoms with Crippen LogP contribution in [0.2, 0.25) is 0 Å². The van der Waals surface area contributed by atoms with Crippen LogP contribution in [0.3, 0.4) is 0 Å². The topological polar surface area (TPSA) is 51.2 Å². The monoisotopic (exact) mass is 572 g/mol. The SMILES string of the molecule is COc1ccc2nc(NC(=O)c3ccc(I(Br)c4cccs4)cc3)sc2c1. The van der Waals surface area contributed by atoms with Gasteiger partial charge in [-0.3, -0.25) is 0 Å². The summed E-state index contributed by atoms with van der Waals surface area (Å²) in [4.78, 5) is 17.0. The number of thiazole rings is 1. The number of fused-ring (bicyclic) bond motifs is 1. The van der Waals surface area contributed by atoms with Gasteiger partial charge < -0.3 is 0 Å². The average molecular weight is 573 g/mol. The second-order valence-corrected chi connectivity index (χ2v) is 16.0. The zero-order valence-electron chi connectivity index (χ0n) is 14.1. The average Bonchev–Trinajstić information content (AvgIpc) is 3.36. The number of halogens is 2. The molecule has 138 valence electrons. The Labute approximate surface area is 177 Å². The molecule has 0 aliphatic heterocycles. The van der Waals surface area contributed by atoms with Crippen molar-refractivity contribution in [3.8, 4) is 5.75 Å². The number of carbonyl (C=O) groups is 1. The molecule has 0 spiro atoms. The van der Waals surface area contributed by atoms with Crippen molar-refractivity contribution in [3.63, 3.8) is 0 Å². The molecule has 4 rings (SSSR count). The molecule has 8 heteroatoms. The van der Waals surface area contributed by atoms with Crippen molar-refractivity contribution < 1.29 is 9.53 Å². The van der Waals surface area contributed by atoms with E-state index in [4.69, 9.17) is 4.74 Å². The molecule has 0 unspecified atom stereocenters. The maximum atomic E-state index is 12.6. The number of amides is 1. The van der Waals surface area contributed by atoms with Gasteiger partial charge in [0.05, 0.1) is 7.11 Å². The normalized spacial score (nSPS) is 11.4. The summed E-state index contributed by atoms with van der Waals surface area (Å²) in [7, 11) is 1.63. The van der Waals surface area contributed by atoms with Gasteiger partial charge in [-0.1, -0.05) is 0 Å². The Hall–Kier alpha value is -1.49. The zero-order valence-corrected chi connectivity index (χ0v) is 19.5. The molecule has 0 atom stereocenters. The number of anilines is 1. The number of methoxy groups -OCH3 is 1. The van der Waals surface area contributed by atoms with Gasteiger partial charge in [0.1, 0.15) is 0 Å². The van der Waals surface area contributed by atoms with Gasteiger partial charge >= 0.3 is 172 Å². The number of ether oxygens (including phenoxy) is 1. The number of benzene rings is 2. The minimum absolute atomic E-state index is 0.154. The van der Waals surface area contributed by atoms with E-state index in [0.29, 0.717) is 10.7 Å². The van der Waals surface area contributed by atoms with Gasteiger partial charge in [-0.05, 0) is 0 Å². The summed E-state index contributed by atoms with van der Waals surface area (Å²) in [6.45, 7) is 0. The molecular weight excluding hydrogens is 559 g/mol. The predicted molar refractivity (Wildman–Crippen MR) is 125 cm³/mol. The van der Waals surface area contributed by atoms with E-state index < -0.39 is 17.6 Å². The van der Waals surface area contributed by atoms with Gasteiger partial charge in [0, 0.05) is 0 Å². The van der Waals surface area contributed by atoms with E-state index in [1.807, 2.05) is 42.5 Å². The van der Waals surface area contributed by atoms with Crippen molar-refractivity contribution in [1.29, 1.82) is 0 Å². The summed E-state index contributed by atoms with van der Waals surface area (Å²) in [5.74, 6) is 0.623.